The van der Waals surface area contributed by atoms with Crippen molar-refractivity contribution in [3.63, 3.8) is 0 Å². The Morgan fingerprint density at radius 2 is 1.80 bits per heavy atom. The maximum Gasteiger partial charge on any atom is 0.407 e. The predicted octanol–water partition coefficient (Wildman–Crippen LogP) is 8.47. The largest absolute Gasteiger partial charge is 0.462 e. The molecule has 1 N–H and O–H groups in total. The van der Waals surface area contributed by atoms with Crippen molar-refractivity contribution >= 4 is 68.7 Å². The maximum atomic E-state index is 15.1. The van der Waals surface area contributed by atoms with Crippen LogP contribution in [-0.2, 0) is 32.2 Å². The molecule has 4 aromatic carbocycles. The Hall–Kier alpha value is -7.05. The van der Waals surface area contributed by atoms with Crippen molar-refractivity contribution in [3.05, 3.63) is 136 Å². The molecule has 1 aromatic heterocycles. The maximum absolute atomic E-state index is 15.1. The summed E-state index contributed by atoms with van der Waals surface area (Å²) in [5.74, 6) is -1.12. The van der Waals surface area contributed by atoms with Gasteiger partial charge in [-0.15, -0.1) is 0 Å². The SMILES string of the molecule is C=C(COC(=O)NCCC[C@@]1(c2ccccc2)SC(c2cc(F)ccc2F)=NN1C(=O)N(C)OC)C(=O)N1CCN(c2nc(OC[C@@H]3CCCN3C)nc3c2CCN(c2cccc4cccc(Cl)c24)C3)CC1CC#N. The zero-order valence-corrected chi connectivity index (χ0v) is 43.6. The second-order valence-corrected chi connectivity index (χ2v) is 20.5. The van der Waals surface area contributed by atoms with Gasteiger partial charge in [0.1, 0.15) is 40.6 Å². The lowest BCUT2D eigenvalue weighted by Gasteiger charge is -2.42. The van der Waals surface area contributed by atoms with E-state index in [-0.39, 0.29) is 60.6 Å². The number of hydrogen-bond acceptors (Lipinski definition) is 14. The average molecular weight is 1060 g/mol. The summed E-state index contributed by atoms with van der Waals surface area (Å²) in [4.78, 5) is 63.3. The highest BCUT2D eigenvalue weighted by atomic mass is 35.5. The van der Waals surface area contributed by atoms with Crippen molar-refractivity contribution in [2.75, 3.05) is 83.5 Å². The van der Waals surface area contributed by atoms with Crippen molar-refractivity contribution in [2.24, 2.45) is 5.10 Å². The van der Waals surface area contributed by atoms with E-state index < -0.39 is 47.2 Å². The number of carbonyl (C=O) groups is 3. The Kier molecular flexibility index (Phi) is 16.4. The van der Waals surface area contributed by atoms with E-state index in [1.165, 1.54) is 19.2 Å². The van der Waals surface area contributed by atoms with Gasteiger partial charge in [-0.05, 0) is 87.0 Å². The van der Waals surface area contributed by atoms with E-state index in [0.717, 1.165) is 87.9 Å². The van der Waals surface area contributed by atoms with Gasteiger partial charge in [0.25, 0.3) is 5.91 Å². The molecule has 4 aliphatic rings. The number of alkyl carbamates (subject to hydrolysis) is 1. The van der Waals surface area contributed by atoms with Crippen LogP contribution in [0.4, 0.5) is 29.9 Å². The average Bonchev–Trinajstić information content (AvgIpc) is 4.05. The number of hydrogen-bond donors (Lipinski definition) is 1. The summed E-state index contributed by atoms with van der Waals surface area (Å²) in [6.07, 6.45) is 2.44. The van der Waals surface area contributed by atoms with E-state index in [1.807, 2.05) is 24.3 Å². The van der Waals surface area contributed by atoms with Crippen LogP contribution in [0.1, 0.15) is 54.5 Å². The summed E-state index contributed by atoms with van der Waals surface area (Å²) in [7, 11) is 4.82. The van der Waals surface area contributed by atoms with E-state index in [1.54, 1.807) is 29.2 Å². The van der Waals surface area contributed by atoms with Gasteiger partial charge in [0.15, 0.2) is 0 Å². The van der Waals surface area contributed by atoms with Gasteiger partial charge in [-0.1, -0.05) is 84.5 Å². The lowest BCUT2D eigenvalue weighted by Crippen LogP contribution is -2.56. The number of halogens is 3. The Balaban J connectivity index is 0.846. The van der Waals surface area contributed by atoms with Crippen molar-refractivity contribution in [3.8, 4) is 12.1 Å². The van der Waals surface area contributed by atoms with E-state index in [0.29, 0.717) is 49.8 Å². The fraction of sp³-hybridized carbons (Fsp3) is 0.389. The van der Waals surface area contributed by atoms with Gasteiger partial charge in [-0.2, -0.15) is 25.3 Å². The van der Waals surface area contributed by atoms with Crippen molar-refractivity contribution in [2.45, 2.75) is 62.0 Å². The molecule has 9 rings (SSSR count). The minimum Gasteiger partial charge on any atom is -0.462 e. The number of benzene rings is 4. The summed E-state index contributed by atoms with van der Waals surface area (Å²) < 4.78 is 41.4. The van der Waals surface area contributed by atoms with Crippen molar-refractivity contribution < 1.29 is 37.5 Å². The first-order valence-electron chi connectivity index (χ1n) is 24.9. The minimum absolute atomic E-state index is 0.0261. The van der Waals surface area contributed by atoms with Crippen LogP contribution < -0.4 is 19.9 Å². The number of nitriles is 1. The minimum atomic E-state index is -1.26. The second-order valence-electron chi connectivity index (χ2n) is 18.9. The topological polar surface area (TPSA) is 172 Å². The number of thioether (sulfide) groups is 1. The van der Waals surface area contributed by atoms with E-state index in [2.05, 4.69) is 63.0 Å². The number of carbonyl (C=O) groups excluding carboxylic acids is 3. The van der Waals surface area contributed by atoms with Crippen LogP contribution in [0.25, 0.3) is 10.8 Å². The monoisotopic (exact) mass is 1060 g/mol. The predicted molar refractivity (Wildman–Crippen MR) is 283 cm³/mol. The highest BCUT2D eigenvalue weighted by Crippen LogP contribution is 2.51. The molecule has 17 nitrogen and oxygen atoms in total. The summed E-state index contributed by atoms with van der Waals surface area (Å²) in [5.41, 5.74) is 3.40. The quantitative estimate of drug-likeness (QED) is 0.0567. The zero-order chi connectivity index (χ0) is 52.8. The lowest BCUT2D eigenvalue weighted by molar-refractivity contribution is -0.130. The summed E-state index contributed by atoms with van der Waals surface area (Å²) in [6.45, 7) is 7.21. The Morgan fingerprint density at radius 3 is 2.56 bits per heavy atom. The normalized spacial score (nSPS) is 19.6. The molecule has 3 atom stereocenters. The van der Waals surface area contributed by atoms with Crippen LogP contribution in [0.2, 0.25) is 5.02 Å². The summed E-state index contributed by atoms with van der Waals surface area (Å²) >= 11 is 7.87. The van der Waals surface area contributed by atoms with Crippen LogP contribution in [0.5, 0.6) is 6.01 Å². The molecule has 392 valence electrons. The molecule has 1 unspecified atom stereocenters. The summed E-state index contributed by atoms with van der Waals surface area (Å²) in [6, 6.07) is 25.7. The molecule has 0 bridgehead atoms. The standard InChI is InChI=1S/C54H58ClF2N11O6S/c1-35(33-74-52(70)59-25-11-23-54(37-14-6-5-7-15-37)68(53(71)64(3)72-4)62-49(75-54)42-30-38(56)19-20-44(42)57)50(69)67-29-28-66(31-39(67)21-24-58)48-41-22-27-65(46-18-9-13-36-12-8-17-43(55)47(36)46)32-45(41)60-51(61-48)73-34-40-16-10-26-63(40)2/h5-9,12-15,17-20,30,39-40H,1,10-11,16,21-23,25-29,31-34H2,2-4H3,(H,59,70)/t39?,40-,54-/m0/s1. The third-order valence-corrected chi connectivity index (χ3v) is 16.0. The number of rotatable bonds is 16. The molecular weight excluding hydrogens is 1000 g/mol. The number of hydrazone groups is 1. The van der Waals surface area contributed by atoms with E-state index >= 15 is 4.39 Å². The third kappa shape index (κ3) is 11.3. The van der Waals surface area contributed by atoms with E-state index in [4.69, 9.17) is 35.9 Å². The number of hydroxylamine groups is 2. The number of nitrogens with zero attached hydrogens (tertiary/aromatic N) is 10. The van der Waals surface area contributed by atoms with Crippen LogP contribution in [-0.4, -0.2) is 139 Å². The number of anilines is 2. The molecular formula is C54H58ClF2N11O6S. The van der Waals surface area contributed by atoms with Gasteiger partial charge in [-0.3, -0.25) is 9.63 Å². The summed E-state index contributed by atoms with van der Waals surface area (Å²) in [5, 5.41) is 22.2. The number of piperazine rings is 1. The number of ether oxygens (including phenoxy) is 2. The molecule has 5 heterocycles. The number of likely N-dealkylation sites (tertiary alicyclic amines) is 1. The zero-order valence-electron chi connectivity index (χ0n) is 42.0. The molecule has 2 saturated heterocycles. The van der Waals surface area contributed by atoms with Gasteiger partial charge in [0.05, 0.1) is 42.9 Å². The molecule has 21 heteroatoms. The number of amides is 4. The highest BCUT2D eigenvalue weighted by molar-refractivity contribution is 8.15. The lowest BCUT2D eigenvalue weighted by atomic mass is 10.0. The Morgan fingerprint density at radius 1 is 1.00 bits per heavy atom. The fourth-order valence-corrected chi connectivity index (χ4v) is 11.9. The number of nitrogens with one attached hydrogen (secondary N) is 1. The fourth-order valence-electron chi connectivity index (χ4n) is 10.2. The van der Waals surface area contributed by atoms with Gasteiger partial charge in [0.2, 0.25) is 0 Å². The number of urea groups is 1. The highest BCUT2D eigenvalue weighted by Gasteiger charge is 2.50. The van der Waals surface area contributed by atoms with E-state index in [9.17, 15) is 24.0 Å². The van der Waals surface area contributed by atoms with Gasteiger partial charge < -0.3 is 34.4 Å². The first-order chi connectivity index (χ1) is 36.3. The van der Waals surface area contributed by atoms with Crippen LogP contribution in [0.15, 0.2) is 102 Å². The molecule has 0 spiro atoms. The second kappa shape index (κ2) is 23.2. The first kappa shape index (κ1) is 52.8. The van der Waals surface area contributed by atoms with Crippen molar-refractivity contribution in [1.82, 2.24) is 35.2 Å². The van der Waals surface area contributed by atoms with Gasteiger partial charge >= 0.3 is 18.1 Å². The Labute approximate surface area is 443 Å². The molecule has 0 radical (unpaired) electrons. The van der Waals surface area contributed by atoms with Gasteiger partial charge in [0, 0.05) is 73.6 Å². The molecule has 0 saturated carbocycles. The van der Waals surface area contributed by atoms with Gasteiger partial charge in [-0.25, -0.2) is 23.4 Å². The number of likely N-dealkylation sites (N-methyl/N-ethyl adjacent to an activating group) is 1. The molecule has 0 aliphatic carbocycles. The number of aromatic nitrogens is 2. The Bertz CT molecular complexity index is 3040. The smallest absolute Gasteiger partial charge is 0.407 e. The molecule has 75 heavy (non-hydrogen) atoms. The van der Waals surface area contributed by atoms with Crippen LogP contribution >= 0.6 is 23.4 Å². The van der Waals surface area contributed by atoms with Crippen molar-refractivity contribution in [1.29, 1.82) is 5.26 Å². The number of fused-ring (bicyclic) bond motifs is 2. The molecule has 5 aromatic rings. The molecule has 4 aliphatic heterocycles. The molecule has 2 fully saturated rings. The first-order valence-corrected chi connectivity index (χ1v) is 26.0. The molecule has 4 amide bonds. The van der Waals surface area contributed by atoms with Crippen LogP contribution in [0, 0.1) is 23.0 Å². The third-order valence-electron chi connectivity index (χ3n) is 14.2. The van der Waals surface area contributed by atoms with Crippen LogP contribution in [0.3, 0.4) is 0 Å².